The highest BCUT2D eigenvalue weighted by Crippen LogP contribution is 2.22. The summed E-state index contributed by atoms with van der Waals surface area (Å²) in [5.74, 6) is -0.362. The van der Waals surface area contributed by atoms with Crippen molar-refractivity contribution < 1.29 is 9.18 Å². The number of nitrogens with zero attached hydrogens (tertiary/aromatic N) is 3. The lowest BCUT2D eigenvalue weighted by molar-refractivity contribution is -0.132. The predicted octanol–water partition coefficient (Wildman–Crippen LogP) is 1.62. The molecule has 1 atom stereocenters. The van der Waals surface area contributed by atoms with Crippen LogP contribution in [0.2, 0.25) is 0 Å². The number of hydrogen-bond acceptors (Lipinski definition) is 3. The van der Waals surface area contributed by atoms with Crippen LogP contribution in [0.15, 0.2) is 47.5 Å². The summed E-state index contributed by atoms with van der Waals surface area (Å²) in [6, 6.07) is 8.15. The second kappa shape index (κ2) is 6.73. The molecule has 2 aromatic rings. The molecule has 1 aromatic heterocycles. The van der Waals surface area contributed by atoms with Crippen LogP contribution in [-0.2, 0) is 17.8 Å². The van der Waals surface area contributed by atoms with Crippen LogP contribution >= 0.6 is 0 Å². The Kier molecular flexibility index (Phi) is 4.50. The van der Waals surface area contributed by atoms with Crippen LogP contribution in [0, 0.1) is 5.82 Å². The number of halogens is 1. The summed E-state index contributed by atoms with van der Waals surface area (Å²) in [6.07, 6.45) is 5.42. The summed E-state index contributed by atoms with van der Waals surface area (Å²) in [6.45, 7) is 0.667. The molecule has 1 amide bonds. The van der Waals surface area contributed by atoms with E-state index in [0.717, 1.165) is 18.4 Å². The normalized spacial score (nSPS) is 17.4. The SMILES string of the molecule is O=C(Cn1cccnc1=O)N1CCC[C@H]1Cc1cccc(F)c1. The third-order valence-corrected chi connectivity index (χ3v) is 4.15. The molecule has 1 aromatic carbocycles. The molecule has 0 N–H and O–H groups in total. The molecule has 23 heavy (non-hydrogen) atoms. The Hall–Kier alpha value is -2.50. The van der Waals surface area contributed by atoms with Crippen LogP contribution in [-0.4, -0.2) is 32.9 Å². The van der Waals surface area contributed by atoms with Crippen LogP contribution in [0.1, 0.15) is 18.4 Å². The summed E-state index contributed by atoms with van der Waals surface area (Å²) >= 11 is 0. The number of rotatable bonds is 4. The van der Waals surface area contributed by atoms with Crippen LogP contribution in [0.4, 0.5) is 4.39 Å². The van der Waals surface area contributed by atoms with E-state index in [9.17, 15) is 14.0 Å². The third kappa shape index (κ3) is 3.64. The number of hydrogen-bond donors (Lipinski definition) is 0. The fourth-order valence-electron chi connectivity index (χ4n) is 3.06. The molecule has 2 heterocycles. The molecule has 6 heteroatoms. The summed E-state index contributed by atoms with van der Waals surface area (Å²) in [4.78, 5) is 29.6. The summed E-state index contributed by atoms with van der Waals surface area (Å²) in [5, 5.41) is 0. The zero-order valence-electron chi connectivity index (χ0n) is 12.7. The highest BCUT2D eigenvalue weighted by atomic mass is 19.1. The maximum absolute atomic E-state index is 13.3. The Morgan fingerprint density at radius 2 is 2.22 bits per heavy atom. The van der Waals surface area contributed by atoms with Gasteiger partial charge in [0.1, 0.15) is 12.4 Å². The van der Waals surface area contributed by atoms with Crippen molar-refractivity contribution in [3.05, 3.63) is 64.6 Å². The van der Waals surface area contributed by atoms with E-state index in [1.54, 1.807) is 23.2 Å². The van der Waals surface area contributed by atoms with Gasteiger partial charge in [0.05, 0.1) is 0 Å². The van der Waals surface area contributed by atoms with Gasteiger partial charge >= 0.3 is 5.69 Å². The lowest BCUT2D eigenvalue weighted by Crippen LogP contribution is -2.40. The lowest BCUT2D eigenvalue weighted by Gasteiger charge is -2.25. The molecule has 1 aliphatic rings. The largest absolute Gasteiger partial charge is 0.347 e. The van der Waals surface area contributed by atoms with Gasteiger partial charge in [-0.2, -0.15) is 0 Å². The van der Waals surface area contributed by atoms with E-state index in [-0.39, 0.29) is 24.3 Å². The first-order chi connectivity index (χ1) is 11.1. The van der Waals surface area contributed by atoms with Crippen molar-refractivity contribution in [3.8, 4) is 0 Å². The minimum Gasteiger partial charge on any atom is -0.338 e. The smallest absolute Gasteiger partial charge is 0.338 e. The third-order valence-electron chi connectivity index (χ3n) is 4.15. The van der Waals surface area contributed by atoms with Crippen molar-refractivity contribution in [3.63, 3.8) is 0 Å². The van der Waals surface area contributed by atoms with Crippen LogP contribution < -0.4 is 5.69 Å². The molecule has 1 aliphatic heterocycles. The van der Waals surface area contributed by atoms with Crippen molar-refractivity contribution in [1.29, 1.82) is 0 Å². The molecule has 0 spiro atoms. The molecule has 0 bridgehead atoms. The van der Waals surface area contributed by atoms with Gasteiger partial charge in [-0.25, -0.2) is 14.2 Å². The van der Waals surface area contributed by atoms with Gasteiger partial charge in [0.15, 0.2) is 0 Å². The van der Waals surface area contributed by atoms with Crippen LogP contribution in [0.3, 0.4) is 0 Å². The predicted molar refractivity (Wildman–Crippen MR) is 83.3 cm³/mol. The molecule has 0 aliphatic carbocycles. The highest BCUT2D eigenvalue weighted by Gasteiger charge is 2.28. The summed E-state index contributed by atoms with van der Waals surface area (Å²) < 4.78 is 14.6. The monoisotopic (exact) mass is 315 g/mol. The van der Waals surface area contributed by atoms with Crippen molar-refractivity contribution in [2.45, 2.75) is 31.8 Å². The van der Waals surface area contributed by atoms with Crippen molar-refractivity contribution in [2.24, 2.45) is 0 Å². The molecule has 120 valence electrons. The van der Waals surface area contributed by atoms with E-state index < -0.39 is 5.69 Å². The minimum absolute atomic E-state index is 0.00761. The van der Waals surface area contributed by atoms with E-state index in [1.165, 1.54) is 22.9 Å². The Bertz CT molecular complexity index is 759. The standard InChI is InChI=1S/C17H18FN3O2/c18-14-5-1-4-13(10-14)11-15-6-2-9-21(15)16(22)12-20-8-3-7-19-17(20)23/h1,3-5,7-8,10,15H,2,6,9,11-12H2/t15-/m0/s1. The van der Waals surface area contributed by atoms with E-state index in [1.807, 2.05) is 6.07 Å². The van der Waals surface area contributed by atoms with Gasteiger partial charge in [0.25, 0.3) is 0 Å². The highest BCUT2D eigenvalue weighted by molar-refractivity contribution is 5.76. The molecule has 0 radical (unpaired) electrons. The number of likely N-dealkylation sites (tertiary alicyclic amines) is 1. The maximum atomic E-state index is 13.3. The number of carbonyl (C=O) groups excluding carboxylic acids is 1. The molecule has 0 saturated carbocycles. The van der Waals surface area contributed by atoms with Crippen molar-refractivity contribution in [2.75, 3.05) is 6.54 Å². The molecule has 1 saturated heterocycles. The topological polar surface area (TPSA) is 55.2 Å². The summed E-state index contributed by atoms with van der Waals surface area (Å²) in [7, 11) is 0. The van der Waals surface area contributed by atoms with Crippen LogP contribution in [0.25, 0.3) is 0 Å². The average molecular weight is 315 g/mol. The molecular formula is C17H18FN3O2. The van der Waals surface area contributed by atoms with Gasteiger partial charge in [-0.3, -0.25) is 9.36 Å². The van der Waals surface area contributed by atoms with Gasteiger partial charge in [-0.15, -0.1) is 0 Å². The molecule has 3 rings (SSSR count). The maximum Gasteiger partial charge on any atom is 0.347 e. The van der Waals surface area contributed by atoms with E-state index >= 15 is 0 Å². The zero-order chi connectivity index (χ0) is 16.2. The molecular weight excluding hydrogens is 297 g/mol. The second-order valence-corrected chi connectivity index (χ2v) is 5.75. The van der Waals surface area contributed by atoms with E-state index in [2.05, 4.69) is 4.98 Å². The molecule has 1 fully saturated rings. The average Bonchev–Trinajstić information content (AvgIpc) is 2.98. The van der Waals surface area contributed by atoms with Gasteiger partial charge < -0.3 is 4.90 Å². The first-order valence-corrected chi connectivity index (χ1v) is 7.69. The number of carbonyl (C=O) groups is 1. The second-order valence-electron chi connectivity index (χ2n) is 5.75. The van der Waals surface area contributed by atoms with Crippen molar-refractivity contribution >= 4 is 5.91 Å². The fraction of sp³-hybridized carbons (Fsp3) is 0.353. The summed E-state index contributed by atoms with van der Waals surface area (Å²) in [5.41, 5.74) is 0.454. The van der Waals surface area contributed by atoms with Crippen molar-refractivity contribution in [1.82, 2.24) is 14.5 Å². The number of benzene rings is 1. The van der Waals surface area contributed by atoms with E-state index in [0.29, 0.717) is 13.0 Å². The van der Waals surface area contributed by atoms with Gasteiger partial charge in [0, 0.05) is 25.0 Å². The minimum atomic E-state index is -0.429. The Morgan fingerprint density at radius 3 is 3.00 bits per heavy atom. The van der Waals surface area contributed by atoms with Gasteiger partial charge in [-0.1, -0.05) is 12.1 Å². The molecule has 5 nitrogen and oxygen atoms in total. The Labute approximate surface area is 133 Å². The Morgan fingerprint density at radius 1 is 1.35 bits per heavy atom. The van der Waals surface area contributed by atoms with E-state index in [4.69, 9.17) is 0 Å². The number of aromatic nitrogens is 2. The zero-order valence-corrected chi connectivity index (χ0v) is 12.7. The first-order valence-electron chi connectivity index (χ1n) is 7.69. The quantitative estimate of drug-likeness (QED) is 0.861. The molecule has 0 unspecified atom stereocenters. The van der Waals surface area contributed by atoms with Gasteiger partial charge in [0.2, 0.25) is 5.91 Å². The Balaban J connectivity index is 1.70. The first kappa shape index (κ1) is 15.4. The lowest BCUT2D eigenvalue weighted by atomic mass is 10.0. The van der Waals surface area contributed by atoms with Gasteiger partial charge in [-0.05, 0) is 43.0 Å². The number of amides is 1. The fourth-order valence-corrected chi connectivity index (χ4v) is 3.06. The van der Waals surface area contributed by atoms with Crippen LogP contribution in [0.5, 0.6) is 0 Å².